The van der Waals surface area contributed by atoms with Gasteiger partial charge >= 0.3 is 0 Å². The molecule has 2 atom stereocenters. The third-order valence-corrected chi connectivity index (χ3v) is 3.64. The molecule has 0 radical (unpaired) electrons. The van der Waals surface area contributed by atoms with Crippen molar-refractivity contribution in [1.82, 2.24) is 0 Å². The smallest absolute Gasteiger partial charge is 0.00425 e. The van der Waals surface area contributed by atoms with Gasteiger partial charge in [-0.2, -0.15) is 0 Å². The van der Waals surface area contributed by atoms with E-state index < -0.39 is 0 Å². The first-order valence-corrected chi connectivity index (χ1v) is 6.14. The maximum absolute atomic E-state index is 5.52. The Morgan fingerprint density at radius 1 is 1.43 bits per heavy atom. The minimum absolute atomic E-state index is 0.793. The maximum Gasteiger partial charge on any atom is -0.00425 e. The van der Waals surface area contributed by atoms with Crippen LogP contribution in [-0.4, -0.2) is 6.54 Å². The second kappa shape index (κ2) is 6.23. The number of hydrogen-bond donors (Lipinski definition) is 1. The van der Waals surface area contributed by atoms with Crippen molar-refractivity contribution in [3.63, 3.8) is 0 Å². The van der Waals surface area contributed by atoms with Gasteiger partial charge in [0.15, 0.2) is 0 Å². The second-order valence-corrected chi connectivity index (χ2v) is 4.66. The standard InChI is InChI=1S/C13H25N/c1-3-12-7-4-8-13(10-12)11(2)6-5-9-14/h6,12-13H,3-5,7-10,14H2,1-2H3. The van der Waals surface area contributed by atoms with E-state index >= 15 is 0 Å². The highest BCUT2D eigenvalue weighted by Crippen LogP contribution is 2.34. The molecule has 82 valence electrons. The zero-order valence-electron chi connectivity index (χ0n) is 9.76. The van der Waals surface area contributed by atoms with Crippen molar-refractivity contribution in [2.75, 3.05) is 6.54 Å². The minimum Gasteiger partial charge on any atom is -0.330 e. The van der Waals surface area contributed by atoms with E-state index in [0.717, 1.165) is 24.8 Å². The highest BCUT2D eigenvalue weighted by molar-refractivity contribution is 5.05. The first-order valence-electron chi connectivity index (χ1n) is 6.14. The van der Waals surface area contributed by atoms with Crippen LogP contribution in [0.15, 0.2) is 11.6 Å². The summed E-state index contributed by atoms with van der Waals surface area (Å²) in [6.45, 7) is 5.41. The largest absolute Gasteiger partial charge is 0.330 e. The van der Waals surface area contributed by atoms with Gasteiger partial charge in [0.1, 0.15) is 0 Å². The van der Waals surface area contributed by atoms with E-state index in [2.05, 4.69) is 19.9 Å². The molecule has 2 N–H and O–H groups in total. The molecule has 0 amide bonds. The Balaban J connectivity index is 2.42. The molecule has 0 spiro atoms. The van der Waals surface area contributed by atoms with Gasteiger partial charge in [0.2, 0.25) is 0 Å². The van der Waals surface area contributed by atoms with E-state index in [0.29, 0.717) is 0 Å². The van der Waals surface area contributed by atoms with Crippen LogP contribution in [0.25, 0.3) is 0 Å². The molecule has 1 saturated carbocycles. The zero-order valence-corrected chi connectivity index (χ0v) is 9.76. The third kappa shape index (κ3) is 3.45. The number of nitrogens with two attached hydrogens (primary N) is 1. The highest BCUT2D eigenvalue weighted by atomic mass is 14.5. The zero-order chi connectivity index (χ0) is 10.4. The number of hydrogen-bond acceptors (Lipinski definition) is 1. The van der Waals surface area contributed by atoms with Crippen LogP contribution in [0, 0.1) is 11.8 Å². The van der Waals surface area contributed by atoms with Crippen molar-refractivity contribution in [2.45, 2.75) is 52.4 Å². The van der Waals surface area contributed by atoms with Crippen molar-refractivity contribution >= 4 is 0 Å². The third-order valence-electron chi connectivity index (χ3n) is 3.64. The maximum atomic E-state index is 5.52. The van der Waals surface area contributed by atoms with Crippen molar-refractivity contribution in [2.24, 2.45) is 17.6 Å². The Hall–Kier alpha value is -0.300. The van der Waals surface area contributed by atoms with Crippen LogP contribution in [-0.2, 0) is 0 Å². The van der Waals surface area contributed by atoms with Crippen molar-refractivity contribution in [3.05, 3.63) is 11.6 Å². The quantitative estimate of drug-likeness (QED) is 0.683. The molecule has 2 unspecified atom stereocenters. The summed E-state index contributed by atoms with van der Waals surface area (Å²) in [6, 6.07) is 0. The normalized spacial score (nSPS) is 29.2. The van der Waals surface area contributed by atoms with Crippen molar-refractivity contribution < 1.29 is 0 Å². The molecule has 0 aromatic carbocycles. The lowest BCUT2D eigenvalue weighted by Crippen LogP contribution is -2.16. The van der Waals surface area contributed by atoms with Gasteiger partial charge in [0, 0.05) is 0 Å². The van der Waals surface area contributed by atoms with Crippen molar-refractivity contribution in [1.29, 1.82) is 0 Å². The van der Waals surface area contributed by atoms with Gasteiger partial charge in [-0.05, 0) is 44.6 Å². The van der Waals surface area contributed by atoms with Crippen LogP contribution in [0.1, 0.15) is 52.4 Å². The van der Waals surface area contributed by atoms with Gasteiger partial charge in [0.25, 0.3) is 0 Å². The molecule has 1 aliphatic rings. The summed E-state index contributed by atoms with van der Waals surface area (Å²) in [5.74, 6) is 1.84. The molecular weight excluding hydrogens is 170 g/mol. The van der Waals surface area contributed by atoms with Crippen LogP contribution in [0.5, 0.6) is 0 Å². The predicted molar refractivity (Wildman–Crippen MR) is 63.2 cm³/mol. The van der Waals surface area contributed by atoms with Gasteiger partial charge < -0.3 is 5.73 Å². The second-order valence-electron chi connectivity index (χ2n) is 4.66. The molecule has 0 aromatic heterocycles. The summed E-state index contributed by atoms with van der Waals surface area (Å²) in [5.41, 5.74) is 7.11. The molecule has 0 heterocycles. The average Bonchev–Trinajstić information content (AvgIpc) is 2.26. The fraction of sp³-hybridized carbons (Fsp3) is 0.846. The van der Waals surface area contributed by atoms with E-state index in [1.165, 1.54) is 32.1 Å². The molecule has 0 aliphatic heterocycles. The summed E-state index contributed by atoms with van der Waals surface area (Å²) < 4.78 is 0. The van der Waals surface area contributed by atoms with Gasteiger partial charge in [-0.15, -0.1) is 0 Å². The SMILES string of the molecule is CCC1CCCC(C(C)=CCCN)C1. The van der Waals surface area contributed by atoms with Crippen LogP contribution < -0.4 is 5.73 Å². The Kier molecular flexibility index (Phi) is 5.24. The molecule has 1 fully saturated rings. The highest BCUT2D eigenvalue weighted by Gasteiger charge is 2.21. The van der Waals surface area contributed by atoms with E-state index in [-0.39, 0.29) is 0 Å². The Bertz CT molecular complexity index is 184. The monoisotopic (exact) mass is 195 g/mol. The van der Waals surface area contributed by atoms with Gasteiger partial charge in [-0.3, -0.25) is 0 Å². The predicted octanol–water partition coefficient (Wildman–Crippen LogP) is 3.50. The van der Waals surface area contributed by atoms with Crippen molar-refractivity contribution in [3.8, 4) is 0 Å². The van der Waals surface area contributed by atoms with Gasteiger partial charge in [-0.25, -0.2) is 0 Å². The topological polar surface area (TPSA) is 26.0 Å². The minimum atomic E-state index is 0.793. The molecular formula is C13H25N. The Morgan fingerprint density at radius 2 is 2.21 bits per heavy atom. The van der Waals surface area contributed by atoms with Gasteiger partial charge in [0.05, 0.1) is 0 Å². The molecule has 0 bridgehead atoms. The van der Waals surface area contributed by atoms with E-state index in [9.17, 15) is 0 Å². The molecule has 1 rings (SSSR count). The summed E-state index contributed by atoms with van der Waals surface area (Å²) >= 11 is 0. The molecule has 1 nitrogen and oxygen atoms in total. The fourth-order valence-corrected chi connectivity index (χ4v) is 2.55. The van der Waals surface area contributed by atoms with Crippen LogP contribution in [0.3, 0.4) is 0 Å². The molecule has 1 heteroatoms. The van der Waals surface area contributed by atoms with E-state index in [1.54, 1.807) is 5.57 Å². The summed E-state index contributed by atoms with van der Waals surface area (Å²) in [7, 11) is 0. The summed E-state index contributed by atoms with van der Waals surface area (Å²) in [4.78, 5) is 0. The lowest BCUT2D eigenvalue weighted by atomic mass is 9.77. The first-order chi connectivity index (χ1) is 6.77. The van der Waals surface area contributed by atoms with Gasteiger partial charge in [-0.1, -0.05) is 37.8 Å². The number of allylic oxidation sites excluding steroid dienone is 1. The molecule has 14 heavy (non-hydrogen) atoms. The van der Waals surface area contributed by atoms with E-state index in [1.807, 2.05) is 0 Å². The number of rotatable bonds is 4. The lowest BCUT2D eigenvalue weighted by molar-refractivity contribution is 0.288. The summed E-state index contributed by atoms with van der Waals surface area (Å²) in [6.07, 6.45) is 10.5. The average molecular weight is 195 g/mol. The van der Waals surface area contributed by atoms with Crippen LogP contribution in [0.4, 0.5) is 0 Å². The Morgan fingerprint density at radius 3 is 2.86 bits per heavy atom. The molecule has 1 aliphatic carbocycles. The molecule has 0 saturated heterocycles. The van der Waals surface area contributed by atoms with E-state index in [4.69, 9.17) is 5.73 Å². The van der Waals surface area contributed by atoms with Crippen LogP contribution in [0.2, 0.25) is 0 Å². The Labute approximate surface area is 88.8 Å². The first kappa shape index (κ1) is 11.8. The van der Waals surface area contributed by atoms with Crippen LogP contribution >= 0.6 is 0 Å². The molecule has 0 aromatic rings. The fourth-order valence-electron chi connectivity index (χ4n) is 2.55. The lowest BCUT2D eigenvalue weighted by Gasteiger charge is -2.29. The summed E-state index contributed by atoms with van der Waals surface area (Å²) in [5, 5.41) is 0.